The Hall–Kier alpha value is -0.0400. The molecule has 0 aromatic carbocycles. The van der Waals surface area contributed by atoms with Gasteiger partial charge in [-0.3, -0.25) is 0 Å². The van der Waals surface area contributed by atoms with Crippen molar-refractivity contribution in [2.75, 3.05) is 6.54 Å². The van der Waals surface area contributed by atoms with Gasteiger partial charge in [0.2, 0.25) is 0 Å². The van der Waals surface area contributed by atoms with E-state index < -0.39 is 0 Å². The Morgan fingerprint density at radius 1 is 1.56 bits per heavy atom. The molecule has 1 N–H and O–H groups in total. The predicted molar refractivity (Wildman–Crippen MR) is 40.5 cm³/mol. The molecule has 0 bridgehead atoms. The van der Waals surface area contributed by atoms with Crippen LogP contribution in [-0.4, -0.2) is 12.6 Å². The molecule has 1 aliphatic rings. The summed E-state index contributed by atoms with van der Waals surface area (Å²) in [5, 5.41) is 3.48. The Morgan fingerprint density at radius 3 is 2.78 bits per heavy atom. The van der Waals surface area contributed by atoms with Gasteiger partial charge in [-0.1, -0.05) is 13.3 Å². The smallest absolute Gasteiger partial charge is 0.00669 e. The molecule has 0 unspecified atom stereocenters. The molecule has 0 saturated carbocycles. The summed E-state index contributed by atoms with van der Waals surface area (Å²) in [4.78, 5) is 0. The van der Waals surface area contributed by atoms with Crippen molar-refractivity contribution < 1.29 is 0 Å². The summed E-state index contributed by atoms with van der Waals surface area (Å²) in [6.45, 7) is 5.82. The van der Waals surface area contributed by atoms with E-state index in [0.717, 1.165) is 12.0 Å². The van der Waals surface area contributed by atoms with Gasteiger partial charge in [0.25, 0.3) is 0 Å². The Morgan fingerprint density at radius 2 is 2.33 bits per heavy atom. The Balaban J connectivity index is 2.30. The van der Waals surface area contributed by atoms with Gasteiger partial charge < -0.3 is 5.32 Å². The third-order valence-electron chi connectivity index (χ3n) is 2.45. The van der Waals surface area contributed by atoms with Crippen LogP contribution in [0, 0.1) is 5.92 Å². The zero-order chi connectivity index (χ0) is 6.69. The normalized spacial score (nSPS) is 36.7. The number of hydrogen-bond acceptors (Lipinski definition) is 1. The molecular weight excluding hydrogens is 110 g/mol. The molecule has 0 amide bonds. The molecule has 1 aliphatic heterocycles. The summed E-state index contributed by atoms with van der Waals surface area (Å²) < 4.78 is 0. The molecule has 0 aliphatic carbocycles. The molecule has 0 spiro atoms. The number of piperidine rings is 1. The molecule has 0 radical (unpaired) electrons. The van der Waals surface area contributed by atoms with Crippen LogP contribution in [0.3, 0.4) is 0 Å². The van der Waals surface area contributed by atoms with Gasteiger partial charge in [-0.15, -0.1) is 0 Å². The second-order valence-electron chi connectivity index (χ2n) is 3.05. The van der Waals surface area contributed by atoms with Gasteiger partial charge in [0.1, 0.15) is 0 Å². The van der Waals surface area contributed by atoms with E-state index in [2.05, 4.69) is 19.2 Å². The van der Waals surface area contributed by atoms with E-state index in [1.165, 1.54) is 25.8 Å². The van der Waals surface area contributed by atoms with Crippen molar-refractivity contribution >= 4 is 0 Å². The highest BCUT2D eigenvalue weighted by molar-refractivity contribution is 4.75. The minimum absolute atomic E-state index is 0.767. The second kappa shape index (κ2) is 3.21. The average Bonchev–Trinajstić information content (AvgIpc) is 1.89. The Kier molecular flexibility index (Phi) is 2.52. The second-order valence-corrected chi connectivity index (χ2v) is 3.05. The fourth-order valence-corrected chi connectivity index (χ4v) is 1.67. The molecule has 2 atom stereocenters. The highest BCUT2D eigenvalue weighted by Gasteiger charge is 2.17. The number of nitrogens with one attached hydrogen (secondary N) is 1. The standard InChI is InChI=1S/C8H17N/c1-3-8-5-4-6-9-7(8)2/h7-9H,3-6H2,1-2H3/t7-,8+/m0/s1. The topological polar surface area (TPSA) is 12.0 Å². The maximum Gasteiger partial charge on any atom is 0.00669 e. The van der Waals surface area contributed by atoms with Crippen LogP contribution in [0.5, 0.6) is 0 Å². The van der Waals surface area contributed by atoms with Gasteiger partial charge in [0.15, 0.2) is 0 Å². The van der Waals surface area contributed by atoms with E-state index in [1.807, 2.05) is 0 Å². The van der Waals surface area contributed by atoms with E-state index in [-0.39, 0.29) is 0 Å². The van der Waals surface area contributed by atoms with Crippen LogP contribution in [-0.2, 0) is 0 Å². The SMILES string of the molecule is CC[C@@H]1CCCN[C@H]1C. The van der Waals surface area contributed by atoms with Crippen molar-refractivity contribution in [1.29, 1.82) is 0 Å². The van der Waals surface area contributed by atoms with Gasteiger partial charge in [-0.05, 0) is 32.2 Å². The van der Waals surface area contributed by atoms with Crippen LogP contribution in [0.4, 0.5) is 0 Å². The predicted octanol–water partition coefficient (Wildman–Crippen LogP) is 1.78. The molecule has 0 aromatic rings. The Bertz CT molecular complexity index is 80.6. The lowest BCUT2D eigenvalue weighted by atomic mass is 9.90. The summed E-state index contributed by atoms with van der Waals surface area (Å²) in [5.41, 5.74) is 0. The third kappa shape index (κ3) is 1.68. The van der Waals surface area contributed by atoms with Crippen LogP contribution in [0.2, 0.25) is 0 Å². The highest BCUT2D eigenvalue weighted by atomic mass is 14.9. The Labute approximate surface area is 57.8 Å². The first-order chi connectivity index (χ1) is 4.34. The minimum atomic E-state index is 0.767. The van der Waals surface area contributed by atoms with Crippen molar-refractivity contribution in [2.45, 2.75) is 39.2 Å². The molecule has 1 heterocycles. The van der Waals surface area contributed by atoms with E-state index in [9.17, 15) is 0 Å². The highest BCUT2D eigenvalue weighted by Crippen LogP contribution is 2.18. The molecule has 0 aromatic heterocycles. The summed E-state index contributed by atoms with van der Waals surface area (Å²) in [5.74, 6) is 0.943. The van der Waals surface area contributed by atoms with E-state index >= 15 is 0 Å². The summed E-state index contributed by atoms with van der Waals surface area (Å²) in [7, 11) is 0. The van der Waals surface area contributed by atoms with Gasteiger partial charge in [0.05, 0.1) is 0 Å². The van der Waals surface area contributed by atoms with E-state index in [0.29, 0.717) is 0 Å². The van der Waals surface area contributed by atoms with Crippen LogP contribution in [0.1, 0.15) is 33.1 Å². The first kappa shape index (κ1) is 7.07. The lowest BCUT2D eigenvalue weighted by Gasteiger charge is -2.28. The number of hydrogen-bond donors (Lipinski definition) is 1. The molecule has 1 fully saturated rings. The fraction of sp³-hybridized carbons (Fsp3) is 1.00. The summed E-state index contributed by atoms with van der Waals surface area (Å²) in [6.07, 6.45) is 4.15. The quantitative estimate of drug-likeness (QED) is 0.566. The summed E-state index contributed by atoms with van der Waals surface area (Å²) >= 11 is 0. The van der Waals surface area contributed by atoms with Crippen molar-refractivity contribution in [1.82, 2.24) is 5.32 Å². The van der Waals surface area contributed by atoms with Crippen molar-refractivity contribution in [3.05, 3.63) is 0 Å². The van der Waals surface area contributed by atoms with Crippen LogP contribution in [0.25, 0.3) is 0 Å². The van der Waals surface area contributed by atoms with Crippen molar-refractivity contribution in [3.63, 3.8) is 0 Å². The fourth-order valence-electron chi connectivity index (χ4n) is 1.67. The zero-order valence-electron chi connectivity index (χ0n) is 6.48. The lowest BCUT2D eigenvalue weighted by Crippen LogP contribution is -2.38. The van der Waals surface area contributed by atoms with Gasteiger partial charge in [0, 0.05) is 6.04 Å². The molecular formula is C8H17N. The third-order valence-corrected chi connectivity index (χ3v) is 2.45. The molecule has 9 heavy (non-hydrogen) atoms. The van der Waals surface area contributed by atoms with Crippen LogP contribution in [0.15, 0.2) is 0 Å². The first-order valence-corrected chi connectivity index (χ1v) is 4.08. The number of rotatable bonds is 1. The zero-order valence-corrected chi connectivity index (χ0v) is 6.48. The lowest BCUT2D eigenvalue weighted by molar-refractivity contribution is 0.289. The maximum absolute atomic E-state index is 3.48. The molecule has 1 rings (SSSR count). The van der Waals surface area contributed by atoms with Gasteiger partial charge in [-0.25, -0.2) is 0 Å². The average molecular weight is 127 g/mol. The molecule has 1 nitrogen and oxygen atoms in total. The van der Waals surface area contributed by atoms with E-state index in [4.69, 9.17) is 0 Å². The molecule has 54 valence electrons. The molecule has 1 heteroatoms. The molecule has 1 saturated heterocycles. The van der Waals surface area contributed by atoms with Gasteiger partial charge in [-0.2, -0.15) is 0 Å². The van der Waals surface area contributed by atoms with Crippen molar-refractivity contribution in [2.24, 2.45) is 5.92 Å². The van der Waals surface area contributed by atoms with Gasteiger partial charge >= 0.3 is 0 Å². The monoisotopic (exact) mass is 127 g/mol. The van der Waals surface area contributed by atoms with Crippen LogP contribution < -0.4 is 5.32 Å². The summed E-state index contributed by atoms with van der Waals surface area (Å²) in [6, 6.07) is 0.767. The minimum Gasteiger partial charge on any atom is -0.314 e. The maximum atomic E-state index is 3.48. The van der Waals surface area contributed by atoms with E-state index in [1.54, 1.807) is 0 Å². The van der Waals surface area contributed by atoms with Crippen molar-refractivity contribution in [3.8, 4) is 0 Å². The first-order valence-electron chi connectivity index (χ1n) is 4.08. The van der Waals surface area contributed by atoms with Crippen LogP contribution >= 0.6 is 0 Å². The largest absolute Gasteiger partial charge is 0.314 e.